The van der Waals surface area contributed by atoms with Crippen LogP contribution in [0.15, 0.2) is 30.3 Å². The lowest BCUT2D eigenvalue weighted by Crippen LogP contribution is -2.02. The van der Waals surface area contributed by atoms with Crippen LogP contribution in [0, 0.1) is 10.1 Å². The summed E-state index contributed by atoms with van der Waals surface area (Å²) in [7, 11) is 0. The number of nitrogens with zero attached hydrogens (tertiary/aromatic N) is 2. The van der Waals surface area contributed by atoms with Crippen molar-refractivity contribution in [3.63, 3.8) is 0 Å². The average molecular weight is 328 g/mol. The molecule has 0 radical (unpaired) electrons. The van der Waals surface area contributed by atoms with E-state index in [1.807, 2.05) is 6.92 Å². The summed E-state index contributed by atoms with van der Waals surface area (Å²) in [5.74, 6) is 0.684. The predicted molar refractivity (Wildman–Crippen MR) is 81.6 cm³/mol. The van der Waals surface area contributed by atoms with E-state index in [1.165, 1.54) is 12.1 Å². The number of nitrogens with one attached hydrogen (secondary N) is 1. The molecule has 0 saturated carbocycles. The SMILES string of the molecule is CCNc1cc([N+](=O)[O-])cc(Oc2cccc(Cl)c2Cl)n1. The van der Waals surface area contributed by atoms with Gasteiger partial charge in [0.15, 0.2) is 0 Å². The number of hydrogen-bond acceptors (Lipinski definition) is 5. The Balaban J connectivity index is 2.38. The molecule has 1 aromatic heterocycles. The van der Waals surface area contributed by atoms with Crippen LogP contribution >= 0.6 is 23.2 Å². The molecule has 2 rings (SSSR count). The second kappa shape index (κ2) is 6.60. The third-order valence-electron chi connectivity index (χ3n) is 2.49. The van der Waals surface area contributed by atoms with Gasteiger partial charge >= 0.3 is 0 Å². The molecule has 0 bridgehead atoms. The summed E-state index contributed by atoms with van der Waals surface area (Å²) < 4.78 is 5.50. The fraction of sp³-hybridized carbons (Fsp3) is 0.154. The number of ether oxygens (including phenoxy) is 1. The molecule has 110 valence electrons. The molecule has 1 N–H and O–H groups in total. The van der Waals surface area contributed by atoms with Crippen LogP contribution in [0.25, 0.3) is 0 Å². The van der Waals surface area contributed by atoms with Gasteiger partial charge in [0, 0.05) is 6.54 Å². The summed E-state index contributed by atoms with van der Waals surface area (Å²) in [6, 6.07) is 7.42. The standard InChI is InChI=1S/C13H11Cl2N3O3/c1-2-16-11-6-8(18(19)20)7-12(17-11)21-10-5-3-4-9(14)13(10)15/h3-7H,2H2,1H3,(H,16,17). The highest BCUT2D eigenvalue weighted by Gasteiger charge is 2.14. The topological polar surface area (TPSA) is 77.3 Å². The van der Waals surface area contributed by atoms with Gasteiger partial charge < -0.3 is 10.1 Å². The molecule has 0 fully saturated rings. The van der Waals surface area contributed by atoms with E-state index in [-0.39, 0.29) is 22.3 Å². The van der Waals surface area contributed by atoms with Crippen molar-refractivity contribution in [1.82, 2.24) is 4.98 Å². The molecule has 1 heterocycles. The number of aromatic nitrogens is 1. The summed E-state index contributed by atoms with van der Waals surface area (Å²) in [4.78, 5) is 14.5. The summed E-state index contributed by atoms with van der Waals surface area (Å²) >= 11 is 11.9. The molecule has 6 nitrogen and oxygen atoms in total. The molecular formula is C13H11Cl2N3O3. The van der Waals surface area contributed by atoms with Crippen LogP contribution < -0.4 is 10.1 Å². The summed E-state index contributed by atoms with van der Waals surface area (Å²) in [6.45, 7) is 2.43. The normalized spacial score (nSPS) is 10.2. The molecule has 0 aliphatic rings. The van der Waals surface area contributed by atoms with Gasteiger partial charge in [0.05, 0.1) is 22.1 Å². The Hall–Kier alpha value is -2.05. The number of pyridine rings is 1. The largest absolute Gasteiger partial charge is 0.437 e. The Morgan fingerprint density at radius 1 is 1.38 bits per heavy atom. The predicted octanol–water partition coefficient (Wildman–Crippen LogP) is 4.52. The van der Waals surface area contributed by atoms with E-state index in [4.69, 9.17) is 27.9 Å². The molecule has 2 aromatic rings. The molecule has 1 aromatic carbocycles. The molecule has 8 heteroatoms. The highest BCUT2D eigenvalue weighted by atomic mass is 35.5. The van der Waals surface area contributed by atoms with E-state index in [2.05, 4.69) is 10.3 Å². The van der Waals surface area contributed by atoms with E-state index < -0.39 is 4.92 Å². The second-order valence-electron chi connectivity index (χ2n) is 3.99. The van der Waals surface area contributed by atoms with Crippen molar-refractivity contribution in [2.75, 3.05) is 11.9 Å². The third kappa shape index (κ3) is 3.74. The number of benzene rings is 1. The van der Waals surface area contributed by atoms with Crippen LogP contribution in [0.5, 0.6) is 11.6 Å². The van der Waals surface area contributed by atoms with E-state index in [0.717, 1.165) is 0 Å². The van der Waals surface area contributed by atoms with Crippen molar-refractivity contribution in [3.8, 4) is 11.6 Å². The van der Waals surface area contributed by atoms with E-state index >= 15 is 0 Å². The number of hydrogen-bond donors (Lipinski definition) is 1. The minimum Gasteiger partial charge on any atom is -0.437 e. The average Bonchev–Trinajstić information content (AvgIpc) is 2.44. The molecule has 0 amide bonds. The molecule has 0 unspecified atom stereocenters. The molecular weight excluding hydrogens is 317 g/mol. The van der Waals surface area contributed by atoms with Crippen molar-refractivity contribution in [3.05, 3.63) is 50.5 Å². The van der Waals surface area contributed by atoms with Crippen molar-refractivity contribution < 1.29 is 9.66 Å². The molecule has 0 atom stereocenters. The summed E-state index contributed by atoms with van der Waals surface area (Å²) in [5.41, 5.74) is -0.130. The van der Waals surface area contributed by atoms with Gasteiger partial charge in [-0.25, -0.2) is 0 Å². The maximum absolute atomic E-state index is 10.9. The lowest BCUT2D eigenvalue weighted by Gasteiger charge is -2.09. The lowest BCUT2D eigenvalue weighted by atomic mass is 10.3. The second-order valence-corrected chi connectivity index (χ2v) is 4.78. The minimum absolute atomic E-state index is 0.0596. The third-order valence-corrected chi connectivity index (χ3v) is 3.29. The zero-order chi connectivity index (χ0) is 15.4. The molecule has 0 aliphatic heterocycles. The molecule has 0 saturated heterocycles. The van der Waals surface area contributed by atoms with Gasteiger partial charge in [-0.15, -0.1) is 0 Å². The van der Waals surface area contributed by atoms with Gasteiger partial charge in [-0.2, -0.15) is 4.98 Å². The van der Waals surface area contributed by atoms with Crippen molar-refractivity contribution >= 4 is 34.7 Å². The number of halogens is 2. The number of rotatable bonds is 5. The number of nitro groups is 1. The van der Waals surface area contributed by atoms with Gasteiger partial charge in [-0.3, -0.25) is 10.1 Å². The molecule has 0 aliphatic carbocycles. The first-order valence-corrected chi connectivity index (χ1v) is 6.79. The van der Waals surface area contributed by atoms with Crippen molar-refractivity contribution in [1.29, 1.82) is 0 Å². The Morgan fingerprint density at radius 2 is 2.14 bits per heavy atom. The lowest BCUT2D eigenvalue weighted by molar-refractivity contribution is -0.384. The maximum atomic E-state index is 10.9. The van der Waals surface area contributed by atoms with E-state index in [0.29, 0.717) is 17.4 Å². The Kier molecular flexibility index (Phi) is 4.82. The quantitative estimate of drug-likeness (QED) is 0.645. The summed E-state index contributed by atoms with van der Waals surface area (Å²) in [5, 5.41) is 14.4. The zero-order valence-electron chi connectivity index (χ0n) is 11.0. The van der Waals surface area contributed by atoms with Crippen LogP contribution in [0.1, 0.15) is 6.92 Å². The smallest absolute Gasteiger partial charge is 0.278 e. The highest BCUT2D eigenvalue weighted by molar-refractivity contribution is 6.42. The first-order valence-electron chi connectivity index (χ1n) is 6.03. The van der Waals surface area contributed by atoms with E-state index in [9.17, 15) is 10.1 Å². The first kappa shape index (κ1) is 15.3. The minimum atomic E-state index is -0.519. The fourth-order valence-electron chi connectivity index (χ4n) is 1.60. The van der Waals surface area contributed by atoms with Crippen LogP contribution in [0.3, 0.4) is 0 Å². The Labute approximate surface area is 130 Å². The fourth-order valence-corrected chi connectivity index (χ4v) is 1.93. The number of anilines is 1. The van der Waals surface area contributed by atoms with E-state index in [1.54, 1.807) is 18.2 Å². The Bertz CT molecular complexity index is 680. The summed E-state index contributed by atoms with van der Waals surface area (Å²) in [6.07, 6.45) is 0. The van der Waals surface area contributed by atoms with Crippen molar-refractivity contribution in [2.24, 2.45) is 0 Å². The van der Waals surface area contributed by atoms with Crippen LogP contribution in [-0.2, 0) is 0 Å². The highest BCUT2D eigenvalue weighted by Crippen LogP contribution is 2.35. The van der Waals surface area contributed by atoms with Crippen LogP contribution in [-0.4, -0.2) is 16.5 Å². The Morgan fingerprint density at radius 3 is 2.81 bits per heavy atom. The molecule has 0 spiro atoms. The zero-order valence-corrected chi connectivity index (χ0v) is 12.5. The van der Waals surface area contributed by atoms with Crippen LogP contribution in [0.4, 0.5) is 11.5 Å². The van der Waals surface area contributed by atoms with Gasteiger partial charge in [-0.05, 0) is 19.1 Å². The maximum Gasteiger partial charge on any atom is 0.278 e. The van der Waals surface area contributed by atoms with Gasteiger partial charge in [0.25, 0.3) is 5.69 Å². The monoisotopic (exact) mass is 327 g/mol. The van der Waals surface area contributed by atoms with Gasteiger partial charge in [0.1, 0.15) is 16.6 Å². The molecule has 21 heavy (non-hydrogen) atoms. The first-order chi connectivity index (χ1) is 10.0. The van der Waals surface area contributed by atoms with Gasteiger partial charge in [0.2, 0.25) is 5.88 Å². The van der Waals surface area contributed by atoms with Gasteiger partial charge in [-0.1, -0.05) is 29.3 Å². The van der Waals surface area contributed by atoms with Crippen LogP contribution in [0.2, 0.25) is 10.0 Å². The van der Waals surface area contributed by atoms with Crippen molar-refractivity contribution in [2.45, 2.75) is 6.92 Å².